The second kappa shape index (κ2) is 9.02. The molecule has 1 fully saturated rings. The Balaban J connectivity index is 1.24. The molecular weight excluding hydrogens is 392 g/mol. The van der Waals surface area contributed by atoms with Crippen molar-refractivity contribution >= 4 is 5.91 Å². The monoisotopic (exact) mass is 413 g/mol. The van der Waals surface area contributed by atoms with Crippen LogP contribution in [0.4, 0.5) is 8.78 Å². The van der Waals surface area contributed by atoms with Crippen molar-refractivity contribution in [2.45, 2.75) is 31.8 Å². The molecule has 0 atom stereocenters. The molecule has 3 aromatic rings. The summed E-state index contributed by atoms with van der Waals surface area (Å²) < 4.78 is 38.0. The second-order valence-corrected chi connectivity index (χ2v) is 7.14. The molecule has 2 aromatic carbocycles. The van der Waals surface area contributed by atoms with Gasteiger partial charge >= 0.3 is 0 Å². The topological polar surface area (TPSA) is 68.5 Å². The number of hydrogen-bond donors (Lipinski definition) is 0. The van der Waals surface area contributed by atoms with E-state index in [1.165, 1.54) is 6.07 Å². The number of carbonyl (C=O) groups is 1. The van der Waals surface area contributed by atoms with Crippen LogP contribution >= 0.6 is 0 Å². The molecular formula is C22H21F2N3O3. The van der Waals surface area contributed by atoms with E-state index in [-0.39, 0.29) is 24.2 Å². The molecule has 0 spiro atoms. The first-order valence-corrected chi connectivity index (χ1v) is 9.86. The van der Waals surface area contributed by atoms with Gasteiger partial charge in [0.1, 0.15) is 11.9 Å². The minimum atomic E-state index is -0.720. The lowest BCUT2D eigenvalue weighted by Gasteiger charge is -2.32. The average Bonchev–Trinajstić information content (AvgIpc) is 3.24. The Kier molecular flexibility index (Phi) is 6.02. The zero-order chi connectivity index (χ0) is 20.9. The molecule has 1 saturated heterocycles. The summed E-state index contributed by atoms with van der Waals surface area (Å²) in [5.74, 6) is -0.468. The van der Waals surface area contributed by atoms with Crippen LogP contribution in [0, 0.1) is 11.6 Å². The van der Waals surface area contributed by atoms with E-state index >= 15 is 0 Å². The number of carbonyl (C=O) groups excluding carboxylic acids is 1. The number of piperidine rings is 1. The highest BCUT2D eigenvalue weighted by molar-refractivity contribution is 5.76. The fourth-order valence-electron chi connectivity index (χ4n) is 3.40. The van der Waals surface area contributed by atoms with Crippen molar-refractivity contribution in [1.82, 2.24) is 15.1 Å². The van der Waals surface area contributed by atoms with Gasteiger partial charge in [-0.05, 0) is 24.3 Å². The van der Waals surface area contributed by atoms with Crippen LogP contribution in [0.3, 0.4) is 0 Å². The maximum atomic E-state index is 13.7. The molecule has 0 bridgehead atoms. The molecule has 1 aliphatic heterocycles. The Morgan fingerprint density at radius 1 is 1.10 bits per heavy atom. The normalized spacial score (nSPS) is 14.7. The lowest BCUT2D eigenvalue weighted by Crippen LogP contribution is -2.41. The predicted molar refractivity (Wildman–Crippen MR) is 105 cm³/mol. The van der Waals surface area contributed by atoms with Crippen LogP contribution in [0.5, 0.6) is 5.75 Å². The van der Waals surface area contributed by atoms with Crippen LogP contribution in [0.25, 0.3) is 11.5 Å². The molecule has 8 heteroatoms. The van der Waals surface area contributed by atoms with Crippen LogP contribution in [-0.2, 0) is 11.2 Å². The van der Waals surface area contributed by atoms with Gasteiger partial charge in [-0.15, -0.1) is 10.2 Å². The minimum absolute atomic E-state index is 0.000809. The van der Waals surface area contributed by atoms with E-state index in [1.807, 2.05) is 30.3 Å². The number of likely N-dealkylation sites (tertiary alicyclic amines) is 1. The van der Waals surface area contributed by atoms with Gasteiger partial charge in [0.2, 0.25) is 17.7 Å². The smallest absolute Gasteiger partial charge is 0.247 e. The molecule has 0 unspecified atom stereocenters. The number of ether oxygens (including phenoxy) is 1. The fraction of sp³-hybridized carbons (Fsp3) is 0.318. The summed E-state index contributed by atoms with van der Waals surface area (Å²) >= 11 is 0. The van der Waals surface area contributed by atoms with E-state index in [1.54, 1.807) is 4.90 Å². The molecule has 30 heavy (non-hydrogen) atoms. The zero-order valence-corrected chi connectivity index (χ0v) is 16.3. The maximum Gasteiger partial charge on any atom is 0.247 e. The number of aromatic nitrogens is 2. The van der Waals surface area contributed by atoms with Gasteiger partial charge in [-0.1, -0.05) is 18.2 Å². The highest BCUT2D eigenvalue weighted by Crippen LogP contribution is 2.23. The Bertz CT molecular complexity index is 1000. The first-order chi connectivity index (χ1) is 14.6. The van der Waals surface area contributed by atoms with Gasteiger partial charge in [-0.25, -0.2) is 8.78 Å². The molecule has 0 saturated carbocycles. The summed E-state index contributed by atoms with van der Waals surface area (Å²) in [6.45, 7) is 1.04. The van der Waals surface area contributed by atoms with Crippen LogP contribution < -0.4 is 4.74 Å². The van der Waals surface area contributed by atoms with Crippen molar-refractivity contribution in [3.63, 3.8) is 0 Å². The summed E-state index contributed by atoms with van der Waals surface area (Å²) in [5.41, 5.74) is 0.835. The van der Waals surface area contributed by atoms with Crippen LogP contribution in [-0.4, -0.2) is 40.2 Å². The molecule has 6 nitrogen and oxygen atoms in total. The van der Waals surface area contributed by atoms with E-state index in [4.69, 9.17) is 9.15 Å². The van der Waals surface area contributed by atoms with Crippen LogP contribution in [0.2, 0.25) is 0 Å². The third kappa shape index (κ3) is 4.82. The molecule has 1 aromatic heterocycles. The SMILES string of the molecule is O=C(CCc1nnc(-c2ccccc2)o1)N1CCC(Oc2ccc(F)cc2F)CC1. The minimum Gasteiger partial charge on any atom is -0.487 e. The van der Waals surface area contributed by atoms with E-state index in [2.05, 4.69) is 10.2 Å². The average molecular weight is 413 g/mol. The van der Waals surface area contributed by atoms with E-state index in [0.29, 0.717) is 44.1 Å². The van der Waals surface area contributed by atoms with Gasteiger partial charge in [0.15, 0.2) is 11.6 Å². The van der Waals surface area contributed by atoms with Gasteiger partial charge in [0.05, 0.1) is 0 Å². The fourth-order valence-corrected chi connectivity index (χ4v) is 3.40. The summed E-state index contributed by atoms with van der Waals surface area (Å²) in [6, 6.07) is 12.7. The maximum absolute atomic E-state index is 13.7. The molecule has 0 aliphatic carbocycles. The molecule has 1 amide bonds. The van der Waals surface area contributed by atoms with Gasteiger partial charge in [-0.3, -0.25) is 4.79 Å². The Hall–Kier alpha value is -3.29. The van der Waals surface area contributed by atoms with Gasteiger partial charge in [0, 0.05) is 50.4 Å². The highest BCUT2D eigenvalue weighted by Gasteiger charge is 2.25. The standard InChI is InChI=1S/C22H21F2N3O3/c23-16-6-7-19(18(24)14-16)29-17-10-12-27(13-11-17)21(28)9-8-20-25-26-22(30-20)15-4-2-1-3-5-15/h1-7,14,17H,8-13H2. The molecule has 0 radical (unpaired) electrons. The number of halogens is 2. The molecule has 0 N–H and O–H groups in total. The molecule has 156 valence electrons. The van der Waals surface area contributed by atoms with Crippen molar-refractivity contribution in [3.05, 3.63) is 66.1 Å². The van der Waals surface area contributed by atoms with Crippen molar-refractivity contribution in [2.24, 2.45) is 0 Å². The molecule has 4 rings (SSSR count). The number of hydrogen-bond acceptors (Lipinski definition) is 5. The third-order valence-electron chi connectivity index (χ3n) is 5.02. The van der Waals surface area contributed by atoms with Gasteiger partial charge in [-0.2, -0.15) is 0 Å². The summed E-state index contributed by atoms with van der Waals surface area (Å²) in [6.07, 6.45) is 1.60. The van der Waals surface area contributed by atoms with Gasteiger partial charge < -0.3 is 14.1 Å². The van der Waals surface area contributed by atoms with E-state index in [9.17, 15) is 13.6 Å². The molecule has 2 heterocycles. The van der Waals surface area contributed by atoms with Crippen molar-refractivity contribution in [2.75, 3.05) is 13.1 Å². The van der Waals surface area contributed by atoms with Crippen LogP contribution in [0.15, 0.2) is 52.9 Å². The number of rotatable bonds is 6. The van der Waals surface area contributed by atoms with Gasteiger partial charge in [0.25, 0.3) is 0 Å². The van der Waals surface area contributed by atoms with Crippen LogP contribution in [0.1, 0.15) is 25.2 Å². The largest absolute Gasteiger partial charge is 0.487 e. The number of nitrogens with zero attached hydrogens (tertiary/aromatic N) is 3. The number of amides is 1. The highest BCUT2D eigenvalue weighted by atomic mass is 19.1. The van der Waals surface area contributed by atoms with Crippen molar-refractivity contribution in [1.29, 1.82) is 0 Å². The van der Waals surface area contributed by atoms with Crippen molar-refractivity contribution in [3.8, 4) is 17.2 Å². The number of benzene rings is 2. The summed E-state index contributed by atoms with van der Waals surface area (Å²) in [4.78, 5) is 14.3. The lowest BCUT2D eigenvalue weighted by atomic mass is 10.1. The van der Waals surface area contributed by atoms with Crippen molar-refractivity contribution < 1.29 is 22.7 Å². The van der Waals surface area contributed by atoms with E-state index in [0.717, 1.165) is 17.7 Å². The lowest BCUT2D eigenvalue weighted by molar-refractivity contribution is -0.133. The zero-order valence-electron chi connectivity index (χ0n) is 16.3. The quantitative estimate of drug-likeness (QED) is 0.611. The summed E-state index contributed by atoms with van der Waals surface area (Å²) in [7, 11) is 0. The van der Waals surface area contributed by atoms with E-state index < -0.39 is 11.6 Å². The summed E-state index contributed by atoms with van der Waals surface area (Å²) in [5, 5.41) is 8.04. The third-order valence-corrected chi connectivity index (χ3v) is 5.02. The first kappa shape index (κ1) is 20.0. The number of aryl methyl sites for hydroxylation is 1. The predicted octanol–water partition coefficient (Wildman–Crippen LogP) is 4.02. The Morgan fingerprint density at radius 2 is 1.87 bits per heavy atom. The molecule has 1 aliphatic rings. The second-order valence-electron chi connectivity index (χ2n) is 7.14. The Labute approximate surface area is 172 Å². The first-order valence-electron chi connectivity index (χ1n) is 9.86. The Morgan fingerprint density at radius 3 is 2.60 bits per heavy atom.